The fourth-order valence-electron chi connectivity index (χ4n) is 0.742. The predicted molar refractivity (Wildman–Crippen MR) is 39.3 cm³/mol. The Labute approximate surface area is 81.6 Å². The third-order valence-electron chi connectivity index (χ3n) is 1.62. The fourth-order valence-corrected chi connectivity index (χ4v) is 0.742. The van der Waals surface area contributed by atoms with Gasteiger partial charge < -0.3 is 5.32 Å². The van der Waals surface area contributed by atoms with Crippen molar-refractivity contribution in [3.05, 3.63) is 5.32 Å². The van der Waals surface area contributed by atoms with E-state index in [2.05, 4.69) is 5.32 Å². The van der Waals surface area contributed by atoms with Crippen LogP contribution in [0.15, 0.2) is 0 Å². The first-order valence-electron chi connectivity index (χ1n) is 4.02. The minimum absolute atomic E-state index is 0.0909. The molecule has 0 aliphatic heterocycles. The van der Waals surface area contributed by atoms with E-state index in [4.69, 9.17) is 0 Å². The topological polar surface area (TPSA) is 14.1 Å². The van der Waals surface area contributed by atoms with Gasteiger partial charge in [0, 0.05) is 0 Å². The van der Waals surface area contributed by atoms with E-state index in [1.807, 2.05) is 0 Å². The van der Waals surface area contributed by atoms with Crippen molar-refractivity contribution < 1.29 is 30.7 Å². The SMILES string of the molecule is CC[N-]CCC(F)(F)C(F)(F)C(F)(F)F. The van der Waals surface area contributed by atoms with Crippen molar-refractivity contribution in [2.45, 2.75) is 31.4 Å². The van der Waals surface area contributed by atoms with Gasteiger partial charge in [-0.3, -0.25) is 0 Å². The first-order valence-corrected chi connectivity index (χ1v) is 4.02. The van der Waals surface area contributed by atoms with Gasteiger partial charge in [0.05, 0.1) is 0 Å². The van der Waals surface area contributed by atoms with Gasteiger partial charge in [0.25, 0.3) is 0 Å². The van der Waals surface area contributed by atoms with Gasteiger partial charge >= 0.3 is 18.0 Å². The minimum Gasteiger partial charge on any atom is -0.662 e. The van der Waals surface area contributed by atoms with Crippen molar-refractivity contribution in [2.24, 2.45) is 0 Å². The van der Waals surface area contributed by atoms with Gasteiger partial charge in [-0.1, -0.05) is 6.92 Å². The molecule has 0 radical (unpaired) electrons. The molecule has 1 nitrogen and oxygen atoms in total. The summed E-state index contributed by atoms with van der Waals surface area (Å²) in [5.74, 6) is -11.1. The van der Waals surface area contributed by atoms with Crippen LogP contribution in [0, 0.1) is 0 Å². The van der Waals surface area contributed by atoms with Crippen molar-refractivity contribution in [1.29, 1.82) is 0 Å². The smallest absolute Gasteiger partial charge is 0.459 e. The number of rotatable bonds is 5. The lowest BCUT2D eigenvalue weighted by molar-refractivity contribution is -0.354. The molecule has 8 heteroatoms. The Morgan fingerprint density at radius 2 is 1.40 bits per heavy atom. The zero-order valence-corrected chi connectivity index (χ0v) is 7.71. The molecule has 0 saturated carbocycles. The molecule has 0 fully saturated rings. The van der Waals surface area contributed by atoms with E-state index in [1.165, 1.54) is 6.92 Å². The maximum absolute atomic E-state index is 12.5. The fraction of sp³-hybridized carbons (Fsp3) is 1.00. The van der Waals surface area contributed by atoms with Crippen LogP contribution in [0.2, 0.25) is 0 Å². The van der Waals surface area contributed by atoms with Crippen LogP contribution >= 0.6 is 0 Å². The zero-order chi connectivity index (χ0) is 12.3. The van der Waals surface area contributed by atoms with Crippen molar-refractivity contribution in [2.75, 3.05) is 13.1 Å². The van der Waals surface area contributed by atoms with Crippen LogP contribution in [0.25, 0.3) is 5.32 Å². The van der Waals surface area contributed by atoms with Gasteiger partial charge in [-0.2, -0.15) is 37.3 Å². The summed E-state index contributed by atoms with van der Waals surface area (Å²) in [6, 6.07) is 0. The van der Waals surface area contributed by atoms with E-state index < -0.39 is 31.0 Å². The quantitative estimate of drug-likeness (QED) is 0.515. The summed E-state index contributed by atoms with van der Waals surface area (Å²) in [5, 5.41) is 3.27. The number of hydrogen-bond acceptors (Lipinski definition) is 0. The van der Waals surface area contributed by atoms with Crippen molar-refractivity contribution >= 4 is 0 Å². The van der Waals surface area contributed by atoms with Crippen molar-refractivity contribution in [3.8, 4) is 0 Å². The maximum Gasteiger partial charge on any atom is 0.459 e. The molecule has 0 rings (SSSR count). The summed E-state index contributed by atoms with van der Waals surface area (Å²) in [6.45, 7) is 0.822. The highest BCUT2D eigenvalue weighted by Gasteiger charge is 2.71. The van der Waals surface area contributed by atoms with Gasteiger partial charge in [0.1, 0.15) is 0 Å². The molecule has 15 heavy (non-hydrogen) atoms. The third-order valence-corrected chi connectivity index (χ3v) is 1.62. The summed E-state index contributed by atoms with van der Waals surface area (Å²) in [6.07, 6.45) is -7.87. The summed E-state index contributed by atoms with van der Waals surface area (Å²) >= 11 is 0. The van der Waals surface area contributed by atoms with Crippen LogP contribution in [0.5, 0.6) is 0 Å². The number of nitrogens with zero attached hydrogens (tertiary/aromatic N) is 1. The average Bonchev–Trinajstić information content (AvgIpc) is 2.02. The standard InChI is InChI=1S/C7H9F7N/c1-2-15-4-3-5(8,9)6(10,11)7(12,13)14/h2-4H2,1H3/q-1. The summed E-state index contributed by atoms with van der Waals surface area (Å²) in [4.78, 5) is 0. The Balaban J connectivity index is 4.56. The Hall–Kier alpha value is -0.530. The van der Waals surface area contributed by atoms with Crippen LogP contribution in [-0.4, -0.2) is 31.1 Å². The second-order valence-electron chi connectivity index (χ2n) is 2.79. The summed E-state index contributed by atoms with van der Waals surface area (Å²) in [7, 11) is 0. The van der Waals surface area contributed by atoms with E-state index >= 15 is 0 Å². The van der Waals surface area contributed by atoms with E-state index in [0.717, 1.165) is 0 Å². The lowest BCUT2D eigenvalue weighted by Gasteiger charge is -2.30. The van der Waals surface area contributed by atoms with Gasteiger partial charge in [-0.05, 0) is 6.42 Å². The highest BCUT2D eigenvalue weighted by atomic mass is 19.4. The zero-order valence-electron chi connectivity index (χ0n) is 7.71. The first-order chi connectivity index (χ1) is 6.56. The molecule has 0 aliphatic rings. The summed E-state index contributed by atoms with van der Waals surface area (Å²) in [5.41, 5.74) is 0. The molecule has 0 heterocycles. The minimum atomic E-state index is -6.25. The largest absolute Gasteiger partial charge is 0.662 e. The molecule has 0 aromatic heterocycles. The molecule has 0 aromatic rings. The van der Waals surface area contributed by atoms with Gasteiger partial charge in [-0.25, -0.2) is 0 Å². The Bertz CT molecular complexity index is 198. The molecule has 0 N–H and O–H groups in total. The normalized spacial score (nSPS) is 14.4. The third kappa shape index (κ3) is 3.22. The summed E-state index contributed by atoms with van der Waals surface area (Å²) < 4.78 is 84.2. The van der Waals surface area contributed by atoms with E-state index in [1.54, 1.807) is 0 Å². The predicted octanol–water partition coefficient (Wildman–Crippen LogP) is 3.60. The van der Waals surface area contributed by atoms with E-state index in [-0.39, 0.29) is 6.54 Å². The second kappa shape index (κ2) is 4.54. The van der Waals surface area contributed by atoms with Crippen molar-refractivity contribution in [1.82, 2.24) is 0 Å². The van der Waals surface area contributed by atoms with Gasteiger partial charge in [-0.15, -0.1) is 6.54 Å². The Kier molecular flexibility index (Phi) is 4.38. The average molecular weight is 240 g/mol. The van der Waals surface area contributed by atoms with E-state index in [0.29, 0.717) is 0 Å². The number of alkyl halides is 7. The Morgan fingerprint density at radius 3 is 1.73 bits per heavy atom. The maximum atomic E-state index is 12.5. The molecule has 0 atom stereocenters. The highest BCUT2D eigenvalue weighted by molar-refractivity contribution is 4.93. The van der Waals surface area contributed by atoms with Crippen molar-refractivity contribution in [3.63, 3.8) is 0 Å². The first kappa shape index (κ1) is 14.5. The molecular formula is C7H9F7N-. The second-order valence-corrected chi connectivity index (χ2v) is 2.79. The van der Waals surface area contributed by atoms with Crippen LogP contribution < -0.4 is 0 Å². The molecular weight excluding hydrogens is 231 g/mol. The van der Waals surface area contributed by atoms with E-state index in [9.17, 15) is 30.7 Å². The molecule has 0 unspecified atom stereocenters. The van der Waals surface area contributed by atoms with Crippen LogP contribution in [0.1, 0.15) is 13.3 Å². The molecule has 0 aliphatic carbocycles. The van der Waals surface area contributed by atoms with Crippen LogP contribution in [0.3, 0.4) is 0 Å². The highest BCUT2D eigenvalue weighted by Crippen LogP contribution is 2.47. The lowest BCUT2D eigenvalue weighted by Crippen LogP contribution is -2.52. The molecule has 0 saturated heterocycles. The molecule has 0 amide bonds. The lowest BCUT2D eigenvalue weighted by atomic mass is 10.1. The van der Waals surface area contributed by atoms with Gasteiger partial charge in [0.2, 0.25) is 0 Å². The molecule has 0 bridgehead atoms. The van der Waals surface area contributed by atoms with Crippen LogP contribution in [0.4, 0.5) is 30.7 Å². The molecule has 0 spiro atoms. The number of halogens is 7. The van der Waals surface area contributed by atoms with Crippen LogP contribution in [-0.2, 0) is 0 Å². The number of hydrogen-bond donors (Lipinski definition) is 0. The monoisotopic (exact) mass is 240 g/mol. The van der Waals surface area contributed by atoms with Gasteiger partial charge in [0.15, 0.2) is 0 Å². The molecule has 92 valence electrons. The Morgan fingerprint density at radius 1 is 0.933 bits per heavy atom. The molecule has 0 aromatic carbocycles.